The molecule has 0 saturated carbocycles. The van der Waals surface area contributed by atoms with Gasteiger partial charge in [-0.3, -0.25) is 0 Å². The molecule has 1 saturated heterocycles. The molecule has 0 aliphatic carbocycles. The van der Waals surface area contributed by atoms with Gasteiger partial charge in [0, 0.05) is 24.3 Å². The molecule has 0 bridgehead atoms. The topological polar surface area (TPSA) is 38.2 Å². The first-order chi connectivity index (χ1) is 8.61. The molecular formula is C14H21N3O. The minimum absolute atomic E-state index is 0.290. The summed E-state index contributed by atoms with van der Waals surface area (Å²) >= 11 is 0. The molecule has 1 aliphatic heterocycles. The van der Waals surface area contributed by atoms with E-state index in [0.29, 0.717) is 6.61 Å². The maximum Gasteiger partial charge on any atom is 0.135 e. The van der Waals surface area contributed by atoms with E-state index >= 15 is 0 Å². The lowest BCUT2D eigenvalue weighted by Gasteiger charge is -2.20. The van der Waals surface area contributed by atoms with Gasteiger partial charge < -0.3 is 9.64 Å². The van der Waals surface area contributed by atoms with Crippen LogP contribution in [0.5, 0.6) is 0 Å². The summed E-state index contributed by atoms with van der Waals surface area (Å²) in [6, 6.07) is 0. The van der Waals surface area contributed by atoms with Gasteiger partial charge in [-0.1, -0.05) is 6.08 Å². The van der Waals surface area contributed by atoms with Gasteiger partial charge in [0.2, 0.25) is 0 Å². The maximum absolute atomic E-state index is 5.70. The fourth-order valence-electron chi connectivity index (χ4n) is 2.32. The van der Waals surface area contributed by atoms with Gasteiger partial charge in [0.15, 0.2) is 0 Å². The summed E-state index contributed by atoms with van der Waals surface area (Å²) < 4.78 is 5.70. The average Bonchev–Trinajstić information content (AvgIpc) is 2.79. The number of nitrogens with zero attached hydrogens (tertiary/aromatic N) is 3. The Morgan fingerprint density at radius 2 is 2.17 bits per heavy atom. The highest BCUT2D eigenvalue weighted by Crippen LogP contribution is 2.24. The highest BCUT2D eigenvalue weighted by molar-refractivity contribution is 5.49. The molecular weight excluding hydrogens is 226 g/mol. The lowest BCUT2D eigenvalue weighted by Crippen LogP contribution is -2.25. The predicted octanol–water partition coefficient (Wildman–Crippen LogP) is 2.18. The van der Waals surface area contributed by atoms with Gasteiger partial charge in [-0.2, -0.15) is 0 Å². The Bertz CT molecular complexity index is 445. The smallest absolute Gasteiger partial charge is 0.135 e. The molecule has 0 spiro atoms. The summed E-state index contributed by atoms with van der Waals surface area (Å²) in [5, 5.41) is 0. The number of ether oxygens (including phenoxy) is 1. The lowest BCUT2D eigenvalue weighted by atomic mass is 10.2. The first-order valence-corrected chi connectivity index (χ1v) is 6.41. The van der Waals surface area contributed by atoms with Crippen LogP contribution in [0.1, 0.15) is 23.5 Å². The summed E-state index contributed by atoms with van der Waals surface area (Å²) in [6.07, 6.45) is 3.14. The van der Waals surface area contributed by atoms with Gasteiger partial charge in [-0.15, -0.1) is 6.58 Å². The molecule has 2 rings (SSSR count). The molecule has 98 valence electrons. The first-order valence-electron chi connectivity index (χ1n) is 6.41. The highest BCUT2D eigenvalue weighted by atomic mass is 16.5. The van der Waals surface area contributed by atoms with E-state index in [0.717, 1.165) is 36.8 Å². The van der Waals surface area contributed by atoms with Gasteiger partial charge in [0.25, 0.3) is 0 Å². The van der Waals surface area contributed by atoms with E-state index < -0.39 is 0 Å². The van der Waals surface area contributed by atoms with Crippen molar-refractivity contribution in [2.24, 2.45) is 0 Å². The Kier molecular flexibility index (Phi) is 3.97. The fourth-order valence-corrected chi connectivity index (χ4v) is 2.32. The van der Waals surface area contributed by atoms with E-state index in [1.54, 1.807) is 6.08 Å². The summed E-state index contributed by atoms with van der Waals surface area (Å²) in [6.45, 7) is 12.3. The maximum atomic E-state index is 5.70. The third kappa shape index (κ3) is 2.70. The van der Waals surface area contributed by atoms with Gasteiger partial charge in [-0.05, 0) is 27.2 Å². The standard InChI is InChI=1S/C14H21N3O/c1-5-8-18-13-6-7-17(9-13)14-10(2)11(3)15-12(4)16-14/h5,13H,1,6-9H2,2-4H3. The molecule has 18 heavy (non-hydrogen) atoms. The second kappa shape index (κ2) is 5.48. The molecule has 4 heteroatoms. The van der Waals surface area contributed by atoms with E-state index in [1.807, 2.05) is 13.8 Å². The van der Waals surface area contributed by atoms with E-state index in [9.17, 15) is 0 Å². The van der Waals surface area contributed by atoms with Crippen LogP contribution in [-0.4, -0.2) is 35.8 Å². The average molecular weight is 247 g/mol. The molecule has 2 heterocycles. The summed E-state index contributed by atoms with van der Waals surface area (Å²) in [4.78, 5) is 11.3. The minimum atomic E-state index is 0.290. The van der Waals surface area contributed by atoms with Crippen LogP contribution < -0.4 is 4.90 Å². The van der Waals surface area contributed by atoms with Crippen molar-refractivity contribution < 1.29 is 4.74 Å². The van der Waals surface area contributed by atoms with Crippen molar-refractivity contribution in [3.05, 3.63) is 29.7 Å². The van der Waals surface area contributed by atoms with Crippen LogP contribution in [0.3, 0.4) is 0 Å². The van der Waals surface area contributed by atoms with Crippen molar-refractivity contribution in [2.75, 3.05) is 24.6 Å². The van der Waals surface area contributed by atoms with Crippen molar-refractivity contribution in [3.63, 3.8) is 0 Å². The van der Waals surface area contributed by atoms with Crippen LogP contribution in [0.2, 0.25) is 0 Å². The van der Waals surface area contributed by atoms with Crippen LogP contribution in [-0.2, 0) is 4.74 Å². The predicted molar refractivity (Wildman–Crippen MR) is 73.0 cm³/mol. The number of hydrogen-bond acceptors (Lipinski definition) is 4. The Balaban J connectivity index is 2.11. The van der Waals surface area contributed by atoms with Gasteiger partial charge in [0.1, 0.15) is 11.6 Å². The lowest BCUT2D eigenvalue weighted by molar-refractivity contribution is 0.0909. The molecule has 1 unspecified atom stereocenters. The zero-order chi connectivity index (χ0) is 13.1. The van der Waals surface area contributed by atoms with E-state index in [1.165, 1.54) is 5.56 Å². The van der Waals surface area contributed by atoms with Crippen LogP contribution in [0.15, 0.2) is 12.7 Å². The number of rotatable bonds is 4. The minimum Gasteiger partial charge on any atom is -0.372 e. The van der Waals surface area contributed by atoms with E-state index in [2.05, 4.69) is 28.4 Å². The molecule has 1 fully saturated rings. The molecule has 0 radical (unpaired) electrons. The number of hydrogen-bond donors (Lipinski definition) is 0. The first kappa shape index (κ1) is 13.0. The zero-order valence-corrected chi connectivity index (χ0v) is 11.4. The van der Waals surface area contributed by atoms with Crippen LogP contribution in [0, 0.1) is 20.8 Å². The second-order valence-corrected chi connectivity index (χ2v) is 4.78. The molecule has 0 amide bonds. The van der Waals surface area contributed by atoms with E-state index in [4.69, 9.17) is 4.74 Å². The van der Waals surface area contributed by atoms with Gasteiger partial charge in [-0.25, -0.2) is 9.97 Å². The van der Waals surface area contributed by atoms with Crippen LogP contribution >= 0.6 is 0 Å². The Hall–Kier alpha value is -1.42. The van der Waals surface area contributed by atoms with Crippen LogP contribution in [0.4, 0.5) is 5.82 Å². The van der Waals surface area contributed by atoms with Crippen molar-refractivity contribution in [2.45, 2.75) is 33.3 Å². The normalized spacial score (nSPS) is 19.3. The third-order valence-corrected chi connectivity index (χ3v) is 3.37. The molecule has 4 nitrogen and oxygen atoms in total. The van der Waals surface area contributed by atoms with Crippen LogP contribution in [0.25, 0.3) is 0 Å². The molecule has 1 aliphatic rings. The SMILES string of the molecule is C=CCOC1CCN(c2nc(C)nc(C)c2C)C1. The summed E-state index contributed by atoms with van der Waals surface area (Å²) in [5.74, 6) is 1.90. The second-order valence-electron chi connectivity index (χ2n) is 4.78. The number of anilines is 1. The number of aryl methyl sites for hydroxylation is 2. The monoisotopic (exact) mass is 247 g/mol. The molecule has 0 aromatic carbocycles. The molecule has 1 atom stereocenters. The Morgan fingerprint density at radius 3 is 2.89 bits per heavy atom. The number of aromatic nitrogens is 2. The summed E-state index contributed by atoms with van der Waals surface area (Å²) in [5.41, 5.74) is 2.23. The molecule has 0 N–H and O–H groups in total. The molecule has 1 aromatic rings. The zero-order valence-electron chi connectivity index (χ0n) is 11.4. The van der Waals surface area contributed by atoms with E-state index in [-0.39, 0.29) is 6.10 Å². The Morgan fingerprint density at radius 1 is 1.39 bits per heavy atom. The quantitative estimate of drug-likeness (QED) is 0.764. The van der Waals surface area contributed by atoms with Gasteiger partial charge >= 0.3 is 0 Å². The highest BCUT2D eigenvalue weighted by Gasteiger charge is 2.25. The van der Waals surface area contributed by atoms with Gasteiger partial charge in [0.05, 0.1) is 12.7 Å². The van der Waals surface area contributed by atoms with Crippen molar-refractivity contribution >= 4 is 5.82 Å². The Labute approximate surface area is 109 Å². The fraction of sp³-hybridized carbons (Fsp3) is 0.571. The van der Waals surface area contributed by atoms with Crippen molar-refractivity contribution in [3.8, 4) is 0 Å². The largest absolute Gasteiger partial charge is 0.372 e. The summed E-state index contributed by atoms with van der Waals surface area (Å²) in [7, 11) is 0. The third-order valence-electron chi connectivity index (χ3n) is 3.37. The van der Waals surface area contributed by atoms with Crippen molar-refractivity contribution in [1.82, 2.24) is 9.97 Å². The van der Waals surface area contributed by atoms with Crippen molar-refractivity contribution in [1.29, 1.82) is 0 Å². The molecule has 1 aromatic heterocycles.